The van der Waals surface area contributed by atoms with Crippen LogP contribution in [0.3, 0.4) is 0 Å². The van der Waals surface area contributed by atoms with Crippen LogP contribution in [-0.2, 0) is 6.54 Å². The van der Waals surface area contributed by atoms with Crippen molar-refractivity contribution in [3.8, 4) is 22.7 Å². The Morgan fingerprint density at radius 2 is 1.77 bits per heavy atom. The lowest BCUT2D eigenvalue weighted by molar-refractivity contribution is 0.221. The lowest BCUT2D eigenvalue weighted by Crippen LogP contribution is -2.28. The number of likely N-dealkylation sites (tertiary alicyclic amines) is 1. The summed E-state index contributed by atoms with van der Waals surface area (Å²) in [5.74, 6) is 0.407. The fraction of sp³-hybridized carbons (Fsp3) is 0.250. The first-order valence-electron chi connectivity index (χ1n) is 10.7. The molecule has 0 amide bonds. The first-order valence-corrected chi connectivity index (χ1v) is 10.7. The van der Waals surface area contributed by atoms with E-state index in [1.54, 1.807) is 6.20 Å². The highest BCUT2D eigenvalue weighted by atomic mass is 16.4. The Bertz CT molecular complexity index is 1330. The largest absolute Gasteiger partial charge is 0.422 e. The topological polar surface area (TPSA) is 83.7 Å². The molecule has 4 aromatic heterocycles. The summed E-state index contributed by atoms with van der Waals surface area (Å²) in [6.07, 6.45) is 9.02. The van der Waals surface area contributed by atoms with E-state index in [9.17, 15) is 0 Å². The van der Waals surface area contributed by atoms with Crippen molar-refractivity contribution in [1.29, 1.82) is 0 Å². The molecule has 0 atom stereocenters. The van der Waals surface area contributed by atoms with E-state index in [1.807, 2.05) is 12.3 Å². The third-order valence-electron chi connectivity index (χ3n) is 6.06. The van der Waals surface area contributed by atoms with Gasteiger partial charge in [-0.25, -0.2) is 9.97 Å². The molecule has 5 heterocycles. The summed E-state index contributed by atoms with van der Waals surface area (Å²) >= 11 is 0. The molecule has 7 heteroatoms. The molecule has 1 aromatic carbocycles. The van der Waals surface area contributed by atoms with Crippen LogP contribution in [0.25, 0.3) is 44.6 Å². The second-order valence-corrected chi connectivity index (χ2v) is 8.14. The van der Waals surface area contributed by atoms with E-state index < -0.39 is 0 Å². The van der Waals surface area contributed by atoms with Gasteiger partial charge in [0.1, 0.15) is 11.3 Å². The second-order valence-electron chi connectivity index (χ2n) is 8.14. The molecule has 1 aliphatic rings. The van der Waals surface area contributed by atoms with Crippen LogP contribution in [0, 0.1) is 0 Å². The third kappa shape index (κ3) is 3.47. The molecule has 0 unspecified atom stereocenters. The highest BCUT2D eigenvalue weighted by molar-refractivity contribution is 6.07. The maximum absolute atomic E-state index is 5.30. The fourth-order valence-electron chi connectivity index (χ4n) is 4.41. The molecule has 1 fully saturated rings. The molecule has 0 bridgehead atoms. The molecular weight excluding hydrogens is 388 g/mol. The molecule has 6 rings (SSSR count). The number of hydrogen-bond acceptors (Lipinski definition) is 6. The number of rotatable bonds is 4. The predicted molar refractivity (Wildman–Crippen MR) is 119 cm³/mol. The van der Waals surface area contributed by atoms with E-state index in [0.717, 1.165) is 39.6 Å². The lowest BCUT2D eigenvalue weighted by Gasteiger charge is -2.26. The summed E-state index contributed by atoms with van der Waals surface area (Å²) < 4.78 is 5.30. The zero-order valence-electron chi connectivity index (χ0n) is 17.1. The number of nitrogens with zero attached hydrogens (tertiary/aromatic N) is 5. The molecule has 1 saturated heterocycles. The molecule has 1 N–H and O–H groups in total. The number of hydrogen-bond donors (Lipinski definition) is 1. The van der Waals surface area contributed by atoms with Crippen LogP contribution < -0.4 is 0 Å². The number of benzene rings is 1. The molecule has 0 spiro atoms. The van der Waals surface area contributed by atoms with E-state index in [0.29, 0.717) is 11.6 Å². The van der Waals surface area contributed by atoms with E-state index >= 15 is 0 Å². The van der Waals surface area contributed by atoms with E-state index in [4.69, 9.17) is 4.42 Å². The van der Waals surface area contributed by atoms with Gasteiger partial charge in [-0.2, -0.15) is 0 Å². The number of nitrogens with one attached hydrogen (secondary N) is 1. The number of H-pyrrole nitrogens is 1. The van der Waals surface area contributed by atoms with Gasteiger partial charge in [-0.15, -0.1) is 10.2 Å². The van der Waals surface area contributed by atoms with Crippen LogP contribution in [0.5, 0.6) is 0 Å². The van der Waals surface area contributed by atoms with Crippen LogP contribution in [0.15, 0.2) is 59.6 Å². The Kier molecular flexibility index (Phi) is 4.46. The Balaban J connectivity index is 1.33. The van der Waals surface area contributed by atoms with E-state index in [1.165, 1.54) is 44.3 Å². The minimum atomic E-state index is 0.407. The maximum Gasteiger partial charge on any atom is 0.266 e. The van der Waals surface area contributed by atoms with E-state index in [-0.39, 0.29) is 0 Å². The summed E-state index contributed by atoms with van der Waals surface area (Å²) in [4.78, 5) is 15.0. The second kappa shape index (κ2) is 7.59. The molecule has 0 aliphatic carbocycles. The van der Waals surface area contributed by atoms with Crippen molar-refractivity contribution in [2.75, 3.05) is 13.1 Å². The smallest absolute Gasteiger partial charge is 0.266 e. The summed E-state index contributed by atoms with van der Waals surface area (Å²) in [6.45, 7) is 3.46. The average molecular weight is 410 g/mol. The van der Waals surface area contributed by atoms with Gasteiger partial charge >= 0.3 is 0 Å². The van der Waals surface area contributed by atoms with Crippen LogP contribution >= 0.6 is 0 Å². The molecule has 5 aromatic rings. The van der Waals surface area contributed by atoms with Gasteiger partial charge in [0.15, 0.2) is 0 Å². The minimum absolute atomic E-state index is 0.407. The number of aromatic nitrogens is 5. The summed E-state index contributed by atoms with van der Waals surface area (Å²) in [6, 6.07) is 13.0. The molecule has 0 saturated carbocycles. The van der Waals surface area contributed by atoms with Gasteiger partial charge in [-0.05, 0) is 49.2 Å². The molecular formula is C24H22N6O. The lowest BCUT2D eigenvalue weighted by atomic mass is 10.0. The van der Waals surface area contributed by atoms with Crippen molar-refractivity contribution >= 4 is 21.9 Å². The first-order chi connectivity index (χ1) is 15.3. The van der Waals surface area contributed by atoms with Crippen molar-refractivity contribution in [2.45, 2.75) is 25.8 Å². The SMILES string of the molecule is c1nnc(-c2cc3c(cn2)[nH]c2ncc(-c4ccc(CN5CCCCC5)cc4)cc23)o1. The standard InChI is InChI=1S/C24H22N6O/c1-2-8-30(9-3-1)14-16-4-6-17(7-5-16)18-10-20-19-11-21(24-29-27-15-31-24)25-13-22(19)28-23(20)26-12-18/h4-7,10-13,15H,1-3,8-9,14H2,(H,26,28). The van der Waals surface area contributed by atoms with E-state index in [2.05, 4.69) is 60.4 Å². The number of piperidine rings is 1. The highest BCUT2D eigenvalue weighted by Crippen LogP contribution is 2.30. The molecule has 0 radical (unpaired) electrons. The quantitative estimate of drug-likeness (QED) is 0.458. The monoisotopic (exact) mass is 410 g/mol. The van der Waals surface area contributed by atoms with Crippen LogP contribution in [0.1, 0.15) is 24.8 Å². The number of pyridine rings is 2. The van der Waals surface area contributed by atoms with Crippen molar-refractivity contribution in [1.82, 2.24) is 30.0 Å². The van der Waals surface area contributed by atoms with Gasteiger partial charge in [-0.3, -0.25) is 4.90 Å². The Hall–Kier alpha value is -3.58. The van der Waals surface area contributed by atoms with Crippen molar-refractivity contribution in [3.63, 3.8) is 0 Å². The molecule has 1 aliphatic heterocycles. The van der Waals surface area contributed by atoms with Crippen LogP contribution in [-0.4, -0.2) is 43.1 Å². The third-order valence-corrected chi connectivity index (χ3v) is 6.06. The fourth-order valence-corrected chi connectivity index (χ4v) is 4.41. The molecule has 31 heavy (non-hydrogen) atoms. The minimum Gasteiger partial charge on any atom is -0.422 e. The van der Waals surface area contributed by atoms with Crippen molar-refractivity contribution < 1.29 is 4.42 Å². The van der Waals surface area contributed by atoms with Gasteiger partial charge in [0.05, 0.1) is 11.7 Å². The van der Waals surface area contributed by atoms with Gasteiger partial charge in [0.2, 0.25) is 6.39 Å². The van der Waals surface area contributed by atoms with Crippen LogP contribution in [0.2, 0.25) is 0 Å². The van der Waals surface area contributed by atoms with Gasteiger partial charge in [0.25, 0.3) is 5.89 Å². The highest BCUT2D eigenvalue weighted by Gasteiger charge is 2.13. The Morgan fingerprint density at radius 3 is 2.58 bits per heavy atom. The Labute approximate surface area is 179 Å². The molecule has 154 valence electrons. The summed E-state index contributed by atoms with van der Waals surface area (Å²) in [7, 11) is 0. The van der Waals surface area contributed by atoms with Gasteiger partial charge in [-0.1, -0.05) is 30.7 Å². The van der Waals surface area contributed by atoms with Crippen LogP contribution in [0.4, 0.5) is 0 Å². The number of fused-ring (bicyclic) bond motifs is 3. The average Bonchev–Trinajstić information content (AvgIpc) is 3.48. The van der Waals surface area contributed by atoms with Crippen molar-refractivity contribution in [3.05, 3.63) is 60.7 Å². The van der Waals surface area contributed by atoms with Crippen molar-refractivity contribution in [2.24, 2.45) is 0 Å². The summed E-state index contributed by atoms with van der Waals surface area (Å²) in [5.41, 5.74) is 6.04. The Morgan fingerprint density at radius 1 is 0.903 bits per heavy atom. The number of aromatic amines is 1. The van der Waals surface area contributed by atoms with Gasteiger partial charge < -0.3 is 9.40 Å². The first kappa shape index (κ1) is 18.2. The molecule has 7 nitrogen and oxygen atoms in total. The zero-order chi connectivity index (χ0) is 20.6. The summed E-state index contributed by atoms with van der Waals surface area (Å²) in [5, 5.41) is 9.80. The predicted octanol–water partition coefficient (Wildman–Crippen LogP) is 4.81. The van der Waals surface area contributed by atoms with Gasteiger partial charge in [0, 0.05) is 29.1 Å². The zero-order valence-corrected chi connectivity index (χ0v) is 17.1. The normalized spacial score (nSPS) is 15.1. The maximum atomic E-state index is 5.30.